The molecule has 3 N–H and O–H groups in total. The third-order valence-electron chi connectivity index (χ3n) is 6.75. The average molecular weight is 514 g/mol. The zero-order valence-electron chi connectivity index (χ0n) is 20.7. The Morgan fingerprint density at radius 3 is 2.39 bits per heavy atom. The largest absolute Gasteiger partial charge is 0.361 e. The lowest BCUT2D eigenvalue weighted by molar-refractivity contribution is -0.129. The van der Waals surface area contributed by atoms with E-state index in [1.807, 2.05) is 43.6 Å². The van der Waals surface area contributed by atoms with Crippen LogP contribution in [-0.4, -0.2) is 73.5 Å². The van der Waals surface area contributed by atoms with E-state index in [0.717, 1.165) is 34.9 Å². The first-order chi connectivity index (χ1) is 17.4. The summed E-state index contributed by atoms with van der Waals surface area (Å²) in [6.07, 6.45) is 5.09. The van der Waals surface area contributed by atoms with Crippen molar-refractivity contribution >= 4 is 32.7 Å². The van der Waals surface area contributed by atoms with Crippen molar-refractivity contribution in [2.24, 2.45) is 0 Å². The van der Waals surface area contributed by atoms with Crippen LogP contribution in [-0.2, 0) is 15.0 Å². The van der Waals surface area contributed by atoms with Gasteiger partial charge in [-0.1, -0.05) is 37.1 Å². The number of likely N-dealkylation sites (N-methyl/N-ethyl adjacent to an activating group) is 1. The molecule has 0 unspecified atom stereocenters. The van der Waals surface area contributed by atoms with Gasteiger partial charge in [0.2, 0.25) is 5.91 Å². The number of aromatic amines is 1. The average Bonchev–Trinajstić information content (AvgIpc) is 3.36. The van der Waals surface area contributed by atoms with Crippen LogP contribution in [0.5, 0.6) is 0 Å². The summed E-state index contributed by atoms with van der Waals surface area (Å²) >= 11 is 0. The second-order valence-electron chi connectivity index (χ2n) is 9.31. The number of rotatable bonds is 11. The zero-order valence-corrected chi connectivity index (χ0v) is 21.5. The molecule has 0 spiro atoms. The number of nitrogens with one attached hydrogen (secondary N) is 2. The van der Waals surface area contributed by atoms with E-state index in [1.165, 1.54) is 4.31 Å². The molecule has 1 fully saturated rings. The molecule has 4 rings (SSSR count). The van der Waals surface area contributed by atoms with Crippen molar-refractivity contribution in [1.82, 2.24) is 19.7 Å². The smallest absolute Gasteiger partial charge is 0.304 e. The van der Waals surface area contributed by atoms with Gasteiger partial charge in [0.15, 0.2) is 0 Å². The van der Waals surface area contributed by atoms with Gasteiger partial charge in [-0.2, -0.15) is 12.7 Å². The minimum atomic E-state index is -3.67. The van der Waals surface area contributed by atoms with Gasteiger partial charge >= 0.3 is 10.2 Å². The summed E-state index contributed by atoms with van der Waals surface area (Å²) in [5, 5.41) is 9.76. The maximum atomic E-state index is 13.7. The van der Waals surface area contributed by atoms with Gasteiger partial charge in [0, 0.05) is 50.9 Å². The molecule has 1 amide bonds. The molecule has 0 atom stereocenters. The Morgan fingerprint density at radius 1 is 0.972 bits per heavy atom. The molecule has 9 nitrogen and oxygen atoms in total. The highest BCUT2D eigenvalue weighted by Gasteiger charge is 2.31. The topological polar surface area (TPSA) is 109 Å². The molecule has 1 aliphatic heterocycles. The van der Waals surface area contributed by atoms with Crippen LogP contribution in [0.2, 0.25) is 0 Å². The first kappa shape index (κ1) is 26.2. The number of hydrogen-bond donors (Lipinski definition) is 3. The van der Waals surface area contributed by atoms with Crippen LogP contribution in [0.15, 0.2) is 54.7 Å². The zero-order chi connectivity index (χ0) is 25.5. The number of anilines is 1. The number of carbonyl (C=O) groups is 1. The molecule has 3 aromatic rings. The molecular weight excluding hydrogens is 478 g/mol. The summed E-state index contributed by atoms with van der Waals surface area (Å²) in [5.41, 5.74) is 5.44. The predicted molar refractivity (Wildman–Crippen MR) is 142 cm³/mol. The highest BCUT2D eigenvalue weighted by molar-refractivity contribution is 7.90. The quantitative estimate of drug-likeness (QED) is 0.206. The number of benzene rings is 2. The molecule has 0 bridgehead atoms. The number of nitrogens with zero attached hydrogens (tertiary/aromatic N) is 3. The van der Waals surface area contributed by atoms with Gasteiger partial charge in [-0.15, -0.1) is 0 Å². The normalized spacial score (nSPS) is 15.3. The molecule has 0 aliphatic carbocycles. The summed E-state index contributed by atoms with van der Waals surface area (Å²) in [5.74, 6) is -0.398. The molecule has 194 valence electrons. The van der Waals surface area contributed by atoms with Crippen LogP contribution >= 0.6 is 0 Å². The number of piperazine rings is 1. The SMILES string of the molecule is CN1CCN(S(=O)(=O)N(CCCCCCC(=O)NO)c2ccc(-c3ccc4cc[nH]c4c3)cc2)CC1. The molecule has 36 heavy (non-hydrogen) atoms. The lowest BCUT2D eigenvalue weighted by atomic mass is 10.0. The van der Waals surface area contributed by atoms with E-state index in [0.29, 0.717) is 51.3 Å². The minimum absolute atomic E-state index is 0.259. The number of carbonyl (C=O) groups excluding carboxylic acids is 1. The summed E-state index contributed by atoms with van der Waals surface area (Å²) in [6, 6.07) is 16.0. The van der Waals surface area contributed by atoms with Crippen molar-refractivity contribution < 1.29 is 18.4 Å². The fraction of sp³-hybridized carbons (Fsp3) is 0.423. The lowest BCUT2D eigenvalue weighted by Gasteiger charge is -2.36. The molecular formula is C26H35N5O4S. The fourth-order valence-electron chi connectivity index (χ4n) is 4.53. The van der Waals surface area contributed by atoms with Crippen molar-refractivity contribution in [3.05, 3.63) is 54.7 Å². The molecule has 1 aromatic heterocycles. The number of hydroxylamine groups is 1. The maximum absolute atomic E-state index is 13.7. The van der Waals surface area contributed by atoms with E-state index in [4.69, 9.17) is 5.21 Å². The van der Waals surface area contributed by atoms with Gasteiger partial charge in [0.05, 0.1) is 5.69 Å². The second kappa shape index (κ2) is 11.9. The van der Waals surface area contributed by atoms with Gasteiger partial charge in [-0.25, -0.2) is 5.48 Å². The monoisotopic (exact) mass is 513 g/mol. The first-order valence-corrected chi connectivity index (χ1v) is 13.8. The van der Waals surface area contributed by atoms with E-state index in [-0.39, 0.29) is 6.42 Å². The van der Waals surface area contributed by atoms with Crippen molar-refractivity contribution in [2.45, 2.75) is 32.1 Å². The van der Waals surface area contributed by atoms with Gasteiger partial charge in [-0.3, -0.25) is 14.3 Å². The summed E-state index contributed by atoms with van der Waals surface area (Å²) < 4.78 is 30.4. The third kappa shape index (κ3) is 6.25. The molecule has 1 saturated heterocycles. The second-order valence-corrected chi connectivity index (χ2v) is 11.2. The number of fused-ring (bicyclic) bond motifs is 1. The standard InChI is InChI=1S/C26H35N5O4S/c1-29-16-18-30(19-17-29)36(34,35)31(15-5-3-2-4-6-26(32)28-33)24-11-9-21(10-12-24)23-8-7-22-13-14-27-25(22)20-23/h7-14,20,27,33H,2-6,15-19H2,1H3,(H,28,32). The molecule has 0 radical (unpaired) electrons. The van der Waals surface area contributed by atoms with Gasteiger partial charge < -0.3 is 9.88 Å². The summed E-state index contributed by atoms with van der Waals surface area (Å²) in [7, 11) is -1.67. The molecule has 10 heteroatoms. The highest BCUT2D eigenvalue weighted by atomic mass is 32.2. The Balaban J connectivity index is 1.49. The first-order valence-electron chi connectivity index (χ1n) is 12.5. The minimum Gasteiger partial charge on any atom is -0.361 e. The van der Waals surface area contributed by atoms with Crippen molar-refractivity contribution in [1.29, 1.82) is 0 Å². The Morgan fingerprint density at radius 2 is 1.67 bits per heavy atom. The summed E-state index contributed by atoms with van der Waals surface area (Å²) in [4.78, 5) is 16.6. The van der Waals surface area contributed by atoms with E-state index in [9.17, 15) is 13.2 Å². The predicted octanol–water partition coefficient (Wildman–Crippen LogP) is 3.59. The Kier molecular flexibility index (Phi) is 8.63. The molecule has 0 saturated carbocycles. The number of H-pyrrole nitrogens is 1. The van der Waals surface area contributed by atoms with Crippen molar-refractivity contribution in [3.8, 4) is 11.1 Å². The maximum Gasteiger partial charge on any atom is 0.304 e. The fourth-order valence-corrected chi connectivity index (χ4v) is 6.19. The number of unbranched alkanes of at least 4 members (excludes halogenated alkanes) is 3. The highest BCUT2D eigenvalue weighted by Crippen LogP contribution is 2.28. The van der Waals surface area contributed by atoms with Gasteiger partial charge in [-0.05, 0) is 60.7 Å². The third-order valence-corrected chi connectivity index (χ3v) is 8.72. The van der Waals surface area contributed by atoms with Gasteiger partial charge in [0.25, 0.3) is 0 Å². The van der Waals surface area contributed by atoms with E-state index < -0.39 is 16.1 Å². The Bertz CT molecular complexity index is 1250. The van der Waals surface area contributed by atoms with E-state index in [2.05, 4.69) is 28.1 Å². The Hall–Kier alpha value is -2.92. The van der Waals surface area contributed by atoms with E-state index >= 15 is 0 Å². The number of amides is 1. The van der Waals surface area contributed by atoms with E-state index in [1.54, 1.807) is 9.79 Å². The van der Waals surface area contributed by atoms with Crippen LogP contribution in [0.3, 0.4) is 0 Å². The van der Waals surface area contributed by atoms with Crippen LogP contribution in [0, 0.1) is 0 Å². The number of aromatic nitrogens is 1. The van der Waals surface area contributed by atoms with Crippen molar-refractivity contribution in [3.63, 3.8) is 0 Å². The van der Waals surface area contributed by atoms with Crippen LogP contribution in [0.25, 0.3) is 22.0 Å². The van der Waals surface area contributed by atoms with Crippen LogP contribution in [0.1, 0.15) is 32.1 Å². The molecule has 1 aliphatic rings. The van der Waals surface area contributed by atoms with Crippen LogP contribution in [0.4, 0.5) is 5.69 Å². The molecule has 2 aromatic carbocycles. The summed E-state index contributed by atoms with van der Waals surface area (Å²) in [6.45, 7) is 2.73. The Labute approximate surface area is 212 Å². The lowest BCUT2D eigenvalue weighted by Crippen LogP contribution is -2.52. The van der Waals surface area contributed by atoms with Crippen molar-refractivity contribution in [2.75, 3.05) is 44.1 Å². The molecule has 2 heterocycles. The number of hydrogen-bond acceptors (Lipinski definition) is 5. The van der Waals surface area contributed by atoms with Gasteiger partial charge in [0.1, 0.15) is 0 Å². The van der Waals surface area contributed by atoms with Crippen LogP contribution < -0.4 is 9.79 Å².